The van der Waals surface area contributed by atoms with Gasteiger partial charge >= 0.3 is 0 Å². The highest BCUT2D eigenvalue weighted by Gasteiger charge is 2.48. The van der Waals surface area contributed by atoms with Gasteiger partial charge in [-0.15, -0.1) is 0 Å². The molecule has 9 heteroatoms. The zero-order valence-corrected chi connectivity index (χ0v) is 19.5. The van der Waals surface area contributed by atoms with Crippen LogP contribution in [0.3, 0.4) is 0 Å². The van der Waals surface area contributed by atoms with E-state index in [1.54, 1.807) is 25.1 Å². The van der Waals surface area contributed by atoms with Gasteiger partial charge in [0.05, 0.1) is 17.8 Å². The molecule has 2 N–H and O–H groups in total. The molecule has 2 heterocycles. The average molecular weight is 481 g/mol. The monoisotopic (exact) mass is 480 g/mol. The van der Waals surface area contributed by atoms with E-state index in [-0.39, 0.29) is 23.8 Å². The van der Waals surface area contributed by atoms with Gasteiger partial charge in [-0.3, -0.25) is 9.69 Å². The van der Waals surface area contributed by atoms with E-state index in [1.165, 1.54) is 12.1 Å². The molecule has 0 spiro atoms. The molecule has 0 radical (unpaired) electrons. The second-order valence-electron chi connectivity index (χ2n) is 9.10. The highest BCUT2D eigenvalue weighted by Crippen LogP contribution is 2.31. The summed E-state index contributed by atoms with van der Waals surface area (Å²) in [5, 5.41) is 18.1. The van der Waals surface area contributed by atoms with Crippen molar-refractivity contribution < 1.29 is 23.6 Å². The molecule has 1 amide bonds. The quantitative estimate of drug-likeness (QED) is 0.561. The maximum atomic E-state index is 13.7. The fraction of sp³-hybridized carbons (Fsp3) is 0.385. The number of amides is 1. The van der Waals surface area contributed by atoms with Crippen molar-refractivity contribution in [3.63, 3.8) is 0 Å². The maximum Gasteiger partial charge on any atom is 0.290 e. The van der Waals surface area contributed by atoms with E-state index < -0.39 is 18.0 Å². The number of hydrogen-bond acceptors (Lipinski definition) is 7. The summed E-state index contributed by atoms with van der Waals surface area (Å²) in [6.45, 7) is 4.78. The lowest BCUT2D eigenvalue weighted by Crippen LogP contribution is -2.59. The third-order valence-electron chi connectivity index (χ3n) is 6.74. The van der Waals surface area contributed by atoms with E-state index in [4.69, 9.17) is 9.26 Å². The molecule has 35 heavy (non-hydrogen) atoms. The number of ether oxygens (including phenoxy) is 1. The Morgan fingerprint density at radius 2 is 1.89 bits per heavy atom. The van der Waals surface area contributed by atoms with Crippen LogP contribution in [0.5, 0.6) is 5.75 Å². The van der Waals surface area contributed by atoms with Gasteiger partial charge in [0.1, 0.15) is 23.8 Å². The minimum atomic E-state index is -0.872. The Bertz CT molecular complexity index is 1150. The molecule has 8 nitrogen and oxygen atoms in total. The number of nitrogens with one attached hydrogen (secondary N) is 1. The summed E-state index contributed by atoms with van der Waals surface area (Å²) in [6.07, 6.45) is -1.10. The van der Waals surface area contributed by atoms with E-state index in [0.717, 1.165) is 31.9 Å². The summed E-state index contributed by atoms with van der Waals surface area (Å²) in [6, 6.07) is 16.9. The lowest BCUT2D eigenvalue weighted by atomic mass is 10.1. The topological polar surface area (TPSA) is 91.1 Å². The smallest absolute Gasteiger partial charge is 0.290 e. The SMILES string of the molecule is Cc1cc(C(=O)N[C@@H]2C[C@@H](Oc3cccc(F)c3)[C@H](O)[C@H]2N2CCN(c3ccccc3)CC2)on1. The molecule has 184 valence electrons. The number of rotatable bonds is 6. The molecule has 1 saturated carbocycles. The number of carbonyl (C=O) groups is 1. The summed E-state index contributed by atoms with van der Waals surface area (Å²) in [7, 11) is 0. The van der Waals surface area contributed by atoms with Crippen LogP contribution in [0, 0.1) is 12.7 Å². The largest absolute Gasteiger partial charge is 0.487 e. The fourth-order valence-electron chi connectivity index (χ4n) is 5.06. The van der Waals surface area contributed by atoms with Crippen molar-refractivity contribution in [2.75, 3.05) is 31.1 Å². The minimum absolute atomic E-state index is 0.124. The zero-order chi connectivity index (χ0) is 24.4. The summed E-state index contributed by atoms with van der Waals surface area (Å²) < 4.78 is 24.8. The van der Waals surface area contributed by atoms with Crippen LogP contribution in [-0.4, -0.2) is 71.5 Å². The van der Waals surface area contributed by atoms with Gasteiger partial charge in [-0.2, -0.15) is 0 Å². The van der Waals surface area contributed by atoms with Crippen molar-refractivity contribution >= 4 is 11.6 Å². The first-order valence-corrected chi connectivity index (χ1v) is 11.9. The van der Waals surface area contributed by atoms with Gasteiger partial charge in [-0.05, 0) is 31.2 Å². The molecule has 1 aliphatic carbocycles. The van der Waals surface area contributed by atoms with E-state index in [9.17, 15) is 14.3 Å². The van der Waals surface area contributed by atoms with E-state index in [1.807, 2.05) is 18.2 Å². The van der Waals surface area contributed by atoms with Crippen LogP contribution in [0.25, 0.3) is 0 Å². The number of para-hydroxylation sites is 1. The summed E-state index contributed by atoms with van der Waals surface area (Å²) in [5.74, 6) is -0.324. The van der Waals surface area contributed by atoms with Crippen LogP contribution in [0.4, 0.5) is 10.1 Å². The lowest BCUT2D eigenvalue weighted by molar-refractivity contribution is 0.00522. The Kier molecular flexibility index (Phi) is 6.70. The standard InChI is InChI=1S/C26H29FN4O4/c1-17-14-23(35-29-17)26(33)28-21-16-22(34-20-9-5-6-18(27)15-20)25(32)24(21)31-12-10-30(11-13-31)19-7-3-2-4-8-19/h2-9,14-15,21-22,24-25,32H,10-13,16H2,1H3,(H,28,33)/t21-,22-,24+,25+/m1/s1. The number of aliphatic hydroxyl groups is 1. The number of piperazine rings is 1. The molecule has 4 atom stereocenters. The van der Waals surface area contributed by atoms with Crippen LogP contribution in [-0.2, 0) is 0 Å². The Labute approximate surface area is 203 Å². The second-order valence-corrected chi connectivity index (χ2v) is 9.10. The van der Waals surface area contributed by atoms with E-state index >= 15 is 0 Å². The third kappa shape index (κ3) is 5.16. The number of nitrogens with zero attached hydrogens (tertiary/aromatic N) is 3. The highest BCUT2D eigenvalue weighted by atomic mass is 19.1. The lowest BCUT2D eigenvalue weighted by Gasteiger charge is -2.42. The Hall–Kier alpha value is -3.43. The minimum Gasteiger partial charge on any atom is -0.487 e. The second kappa shape index (κ2) is 10.1. The molecular weight excluding hydrogens is 451 g/mol. The summed E-state index contributed by atoms with van der Waals surface area (Å²) >= 11 is 0. The number of halogens is 1. The predicted octanol–water partition coefficient (Wildman–Crippen LogP) is 2.62. The maximum absolute atomic E-state index is 13.7. The van der Waals surface area contributed by atoms with Gasteiger partial charge in [-0.1, -0.05) is 29.4 Å². The first-order chi connectivity index (χ1) is 17.0. The molecule has 2 fully saturated rings. The van der Waals surface area contributed by atoms with Crippen LogP contribution >= 0.6 is 0 Å². The van der Waals surface area contributed by atoms with Crippen LogP contribution in [0.15, 0.2) is 65.2 Å². The van der Waals surface area contributed by atoms with Gasteiger partial charge in [-0.25, -0.2) is 4.39 Å². The fourth-order valence-corrected chi connectivity index (χ4v) is 5.06. The van der Waals surface area contributed by atoms with Gasteiger partial charge in [0.2, 0.25) is 5.76 Å². The van der Waals surface area contributed by atoms with Crippen LogP contribution < -0.4 is 15.0 Å². The number of aryl methyl sites for hydroxylation is 1. The zero-order valence-electron chi connectivity index (χ0n) is 19.5. The van der Waals surface area contributed by atoms with Gasteiger partial charge < -0.3 is 24.6 Å². The van der Waals surface area contributed by atoms with Crippen molar-refractivity contribution in [3.05, 3.63) is 77.9 Å². The molecule has 2 aliphatic rings. The summed E-state index contributed by atoms with van der Waals surface area (Å²) in [4.78, 5) is 17.4. The number of benzene rings is 2. The summed E-state index contributed by atoms with van der Waals surface area (Å²) in [5.41, 5.74) is 1.78. The average Bonchev–Trinajstić information content (AvgIpc) is 3.43. The normalized spacial score (nSPS) is 24.9. The first kappa shape index (κ1) is 23.3. The third-order valence-corrected chi connectivity index (χ3v) is 6.74. The van der Waals surface area contributed by atoms with Crippen molar-refractivity contribution in [3.8, 4) is 5.75 Å². The number of aromatic nitrogens is 1. The van der Waals surface area contributed by atoms with E-state index in [0.29, 0.717) is 17.9 Å². The van der Waals surface area contributed by atoms with Crippen molar-refractivity contribution in [1.29, 1.82) is 0 Å². The Morgan fingerprint density at radius 1 is 1.11 bits per heavy atom. The number of aliphatic hydroxyl groups excluding tert-OH is 1. The predicted molar refractivity (Wildman–Crippen MR) is 128 cm³/mol. The molecule has 1 aliphatic heterocycles. The molecule has 3 aromatic rings. The van der Waals surface area contributed by atoms with Gasteiger partial charge in [0.15, 0.2) is 0 Å². The first-order valence-electron chi connectivity index (χ1n) is 11.9. The molecule has 1 aromatic heterocycles. The Morgan fingerprint density at radius 3 is 2.57 bits per heavy atom. The number of hydrogen-bond donors (Lipinski definition) is 2. The molecule has 1 saturated heterocycles. The molecule has 0 unspecified atom stereocenters. The van der Waals surface area contributed by atoms with Crippen LogP contribution in [0.2, 0.25) is 0 Å². The van der Waals surface area contributed by atoms with Crippen molar-refractivity contribution in [2.45, 2.75) is 37.6 Å². The number of anilines is 1. The molecular formula is C26H29FN4O4. The van der Waals surface area contributed by atoms with Crippen molar-refractivity contribution in [1.82, 2.24) is 15.4 Å². The van der Waals surface area contributed by atoms with E-state index in [2.05, 4.69) is 32.4 Å². The van der Waals surface area contributed by atoms with Gasteiger partial charge in [0, 0.05) is 50.4 Å². The Balaban J connectivity index is 1.32. The van der Waals surface area contributed by atoms with Crippen molar-refractivity contribution in [2.24, 2.45) is 0 Å². The molecule has 0 bridgehead atoms. The molecule has 5 rings (SSSR count). The molecule has 2 aromatic carbocycles. The van der Waals surface area contributed by atoms with Crippen LogP contribution in [0.1, 0.15) is 22.7 Å². The highest BCUT2D eigenvalue weighted by molar-refractivity contribution is 5.91. The number of carbonyl (C=O) groups excluding carboxylic acids is 1. The van der Waals surface area contributed by atoms with Gasteiger partial charge in [0.25, 0.3) is 5.91 Å².